The van der Waals surface area contributed by atoms with Gasteiger partial charge in [0, 0.05) is 34.3 Å². The zero-order chi connectivity index (χ0) is 34.4. The van der Waals surface area contributed by atoms with Crippen LogP contribution in [0, 0.1) is 0 Å². The first kappa shape index (κ1) is 40.0. The molecule has 0 aliphatic carbocycles. The van der Waals surface area contributed by atoms with Gasteiger partial charge in [0.2, 0.25) is 0 Å². The zero-order valence-corrected chi connectivity index (χ0v) is 28.1. The number of aromatic nitrogens is 2. The number of carboxylic acid groups (broad SMARTS) is 3. The van der Waals surface area contributed by atoms with Crippen molar-refractivity contribution in [3.63, 3.8) is 0 Å². The van der Waals surface area contributed by atoms with E-state index in [1.54, 1.807) is 0 Å². The summed E-state index contributed by atoms with van der Waals surface area (Å²) in [6.45, 7) is 8.69. The zero-order valence-electron chi connectivity index (χ0n) is 25.7. The summed E-state index contributed by atoms with van der Waals surface area (Å²) >= 11 is 0. The first-order chi connectivity index (χ1) is 22.7. The van der Waals surface area contributed by atoms with E-state index in [0.29, 0.717) is 0 Å². The maximum Gasteiger partial charge on any atom is 3.00 e. The second-order valence-corrected chi connectivity index (χ2v) is 9.06. The third-order valence-electron chi connectivity index (χ3n) is 5.94. The van der Waals surface area contributed by atoms with Crippen molar-refractivity contribution in [2.45, 2.75) is 0 Å². The quantitative estimate of drug-likeness (QED) is 0.230. The molecule has 0 aliphatic rings. The monoisotopic (exact) mass is 816 g/mol. The summed E-state index contributed by atoms with van der Waals surface area (Å²) in [6.07, 6.45) is 5.90. The predicted molar refractivity (Wildman–Crippen MR) is 180 cm³/mol. The van der Waals surface area contributed by atoms with Gasteiger partial charge in [0.05, 0.1) is 29.3 Å². The van der Waals surface area contributed by atoms with Gasteiger partial charge < -0.3 is 29.7 Å². The molecule has 48 heavy (non-hydrogen) atoms. The summed E-state index contributed by atoms with van der Waals surface area (Å²) in [7, 11) is 0. The SMILES string of the molecule is C=CC(=O)[O-].C=CC(=O)[O-].C=CC(=O)[O-].[Ir+3].c1ccc(-c2nccc3ccccc23)cc1.c1ccc(-c2nccc3ccccc23)cc1. The van der Waals surface area contributed by atoms with Gasteiger partial charge in [-0.05, 0) is 41.1 Å². The molecule has 0 fully saturated rings. The van der Waals surface area contributed by atoms with Gasteiger partial charge in [0.1, 0.15) is 0 Å². The second-order valence-electron chi connectivity index (χ2n) is 9.06. The van der Waals surface area contributed by atoms with E-state index in [2.05, 4.69) is 103 Å². The largest absolute Gasteiger partial charge is 3.00 e. The van der Waals surface area contributed by atoms with Gasteiger partial charge in [-0.3, -0.25) is 9.97 Å². The van der Waals surface area contributed by atoms with E-state index in [1.807, 2.05) is 60.9 Å². The molecule has 2 heterocycles. The van der Waals surface area contributed by atoms with Crippen LogP contribution in [0.2, 0.25) is 0 Å². The normalized spacial score (nSPS) is 9.00. The van der Waals surface area contributed by atoms with Crippen molar-refractivity contribution >= 4 is 39.5 Å². The third kappa shape index (κ3) is 14.0. The Morgan fingerprint density at radius 3 is 1.02 bits per heavy atom. The van der Waals surface area contributed by atoms with Gasteiger partial charge in [-0.2, -0.15) is 0 Å². The van der Waals surface area contributed by atoms with Crippen molar-refractivity contribution in [3.05, 3.63) is 172 Å². The molecule has 6 aromatic rings. The first-order valence-corrected chi connectivity index (χ1v) is 14.0. The standard InChI is InChI=1S/2C15H11N.3C3H4O2.Ir/c2*1-2-7-13(8-3-1)15-14-9-5-4-6-12(14)10-11-16-15;3*1-2-3(4)5;/h2*1-11H;3*2H,1H2,(H,4,5);/q;;;;;+3/p-3. The second kappa shape index (κ2) is 22.5. The summed E-state index contributed by atoms with van der Waals surface area (Å²) in [5.74, 6) is -3.69. The Morgan fingerprint density at radius 2 is 0.729 bits per heavy atom. The molecular formula is C39H31IrN2O6. The number of fused-ring (bicyclic) bond motifs is 2. The van der Waals surface area contributed by atoms with E-state index in [0.717, 1.165) is 29.6 Å². The van der Waals surface area contributed by atoms with Crippen molar-refractivity contribution in [1.82, 2.24) is 9.97 Å². The van der Waals surface area contributed by atoms with Gasteiger partial charge in [-0.25, -0.2) is 0 Å². The summed E-state index contributed by atoms with van der Waals surface area (Å²) < 4.78 is 0. The van der Waals surface area contributed by atoms with Crippen LogP contribution in [0.15, 0.2) is 172 Å². The number of pyridine rings is 2. The Labute approximate surface area is 292 Å². The van der Waals surface area contributed by atoms with E-state index in [9.17, 15) is 0 Å². The number of carbonyl (C=O) groups is 3. The number of hydrogen-bond acceptors (Lipinski definition) is 8. The minimum absolute atomic E-state index is 0. The molecule has 8 nitrogen and oxygen atoms in total. The van der Waals surface area contributed by atoms with Gasteiger partial charge in [0.25, 0.3) is 0 Å². The molecule has 0 radical (unpaired) electrons. The minimum atomic E-state index is -1.23. The Balaban J connectivity index is 0.000000337. The Bertz CT molecular complexity index is 1760. The van der Waals surface area contributed by atoms with E-state index < -0.39 is 17.9 Å². The molecule has 0 saturated heterocycles. The Kier molecular flexibility index (Phi) is 18.7. The van der Waals surface area contributed by atoms with Crippen molar-refractivity contribution in [1.29, 1.82) is 0 Å². The summed E-state index contributed by atoms with van der Waals surface area (Å²) in [5, 5.41) is 32.3. The molecule has 0 saturated carbocycles. The van der Waals surface area contributed by atoms with Crippen molar-refractivity contribution in [3.8, 4) is 22.5 Å². The number of hydrogen-bond donors (Lipinski definition) is 0. The number of nitrogens with zero attached hydrogens (tertiary/aromatic N) is 2. The Hall–Kier alpha value is -6.02. The van der Waals surface area contributed by atoms with E-state index in [1.165, 1.54) is 32.7 Å². The topological polar surface area (TPSA) is 146 Å². The van der Waals surface area contributed by atoms with Crippen LogP contribution in [0.4, 0.5) is 0 Å². The van der Waals surface area contributed by atoms with E-state index in [4.69, 9.17) is 29.7 Å². The predicted octanol–water partition coefficient (Wildman–Crippen LogP) is 4.57. The molecule has 0 atom stereocenters. The molecule has 0 amide bonds. The molecule has 242 valence electrons. The molecule has 0 spiro atoms. The maximum absolute atomic E-state index is 9.14. The van der Waals surface area contributed by atoms with Crippen LogP contribution in [0.1, 0.15) is 0 Å². The molecule has 6 rings (SSSR count). The van der Waals surface area contributed by atoms with Gasteiger partial charge in [0.15, 0.2) is 0 Å². The summed E-state index contributed by atoms with van der Waals surface area (Å²) in [4.78, 5) is 36.4. The number of aliphatic carboxylic acids is 3. The van der Waals surface area contributed by atoms with Crippen LogP contribution in [0.3, 0.4) is 0 Å². The number of carboxylic acids is 3. The van der Waals surface area contributed by atoms with Crippen LogP contribution in [0.25, 0.3) is 44.1 Å². The van der Waals surface area contributed by atoms with Gasteiger partial charge in [-0.15, -0.1) is 0 Å². The van der Waals surface area contributed by atoms with Crippen LogP contribution >= 0.6 is 0 Å². The Morgan fingerprint density at radius 1 is 0.458 bits per heavy atom. The first-order valence-electron chi connectivity index (χ1n) is 14.0. The molecule has 0 bridgehead atoms. The number of rotatable bonds is 5. The fourth-order valence-corrected chi connectivity index (χ4v) is 3.89. The van der Waals surface area contributed by atoms with Crippen LogP contribution in [-0.4, -0.2) is 27.9 Å². The number of carbonyl (C=O) groups excluding carboxylic acids is 3. The summed E-state index contributed by atoms with van der Waals surface area (Å²) in [5.41, 5.74) is 4.44. The molecule has 9 heteroatoms. The van der Waals surface area contributed by atoms with Crippen LogP contribution in [0.5, 0.6) is 0 Å². The van der Waals surface area contributed by atoms with Gasteiger partial charge >= 0.3 is 20.1 Å². The fourth-order valence-electron chi connectivity index (χ4n) is 3.89. The molecule has 2 aromatic heterocycles. The van der Waals surface area contributed by atoms with Crippen molar-refractivity contribution < 1.29 is 49.8 Å². The smallest absolute Gasteiger partial charge is 0.545 e. The van der Waals surface area contributed by atoms with E-state index in [-0.39, 0.29) is 20.1 Å². The van der Waals surface area contributed by atoms with E-state index >= 15 is 0 Å². The number of benzene rings is 4. The third-order valence-corrected chi connectivity index (χ3v) is 5.94. The molecule has 4 aromatic carbocycles. The molecule has 0 aliphatic heterocycles. The molecule has 0 N–H and O–H groups in total. The van der Waals surface area contributed by atoms with Crippen molar-refractivity contribution in [2.24, 2.45) is 0 Å². The minimum Gasteiger partial charge on any atom is -0.545 e. The van der Waals surface area contributed by atoms with Crippen LogP contribution in [-0.2, 0) is 34.5 Å². The summed E-state index contributed by atoms with van der Waals surface area (Å²) in [6, 6.07) is 41.3. The fraction of sp³-hybridized carbons (Fsp3) is 0. The molecule has 0 unspecified atom stereocenters. The van der Waals surface area contributed by atoms with Crippen molar-refractivity contribution in [2.75, 3.05) is 0 Å². The average molecular weight is 816 g/mol. The van der Waals surface area contributed by atoms with Crippen LogP contribution < -0.4 is 15.3 Å². The van der Waals surface area contributed by atoms with Gasteiger partial charge in [-0.1, -0.05) is 129 Å². The maximum atomic E-state index is 9.14. The molecular weight excluding hydrogens is 785 g/mol. The average Bonchev–Trinajstić information content (AvgIpc) is 3.13.